The molecule has 3 aromatic carbocycles. The Morgan fingerprint density at radius 2 is 1.69 bits per heavy atom. The Morgan fingerprint density at radius 1 is 1.00 bits per heavy atom. The lowest BCUT2D eigenvalue weighted by atomic mass is 10.2. The quantitative estimate of drug-likeness (QED) is 0.388. The first-order chi connectivity index (χ1) is 15.3. The number of nitrogens with zero attached hydrogens (tertiary/aromatic N) is 1. The van der Waals surface area contributed by atoms with Crippen molar-refractivity contribution < 1.29 is 13.2 Å². The van der Waals surface area contributed by atoms with E-state index in [-0.39, 0.29) is 10.8 Å². The van der Waals surface area contributed by atoms with Crippen LogP contribution in [0, 0.1) is 0 Å². The van der Waals surface area contributed by atoms with Crippen molar-refractivity contribution in [1.29, 1.82) is 0 Å². The van der Waals surface area contributed by atoms with Crippen LogP contribution in [0.5, 0.6) is 0 Å². The molecule has 3 rings (SSSR count). The molecule has 168 valence electrons. The van der Waals surface area contributed by atoms with Gasteiger partial charge in [-0.2, -0.15) is 11.8 Å². The van der Waals surface area contributed by atoms with E-state index in [1.165, 1.54) is 11.4 Å². The molecule has 1 amide bonds. The third kappa shape index (κ3) is 6.19. The fraction of sp³-hybridized carbons (Fsp3) is 0.174. The molecule has 0 bridgehead atoms. The van der Waals surface area contributed by atoms with Crippen LogP contribution in [0.3, 0.4) is 0 Å². The van der Waals surface area contributed by atoms with Gasteiger partial charge in [0, 0.05) is 40.7 Å². The Bertz CT molecular complexity index is 1170. The SMILES string of the molecule is CN(c1ccc(C(=O)NCCSCc2ccc(Cl)cc2Cl)cc1)S(=O)(=O)c1ccccc1. The highest BCUT2D eigenvalue weighted by Crippen LogP contribution is 2.25. The number of anilines is 1. The van der Waals surface area contributed by atoms with E-state index in [4.69, 9.17) is 23.2 Å². The number of sulfonamides is 1. The summed E-state index contributed by atoms with van der Waals surface area (Å²) in [4.78, 5) is 12.6. The molecule has 5 nitrogen and oxygen atoms in total. The van der Waals surface area contributed by atoms with E-state index in [1.807, 2.05) is 6.07 Å². The lowest BCUT2D eigenvalue weighted by molar-refractivity contribution is 0.0956. The van der Waals surface area contributed by atoms with Gasteiger partial charge in [0.15, 0.2) is 0 Å². The van der Waals surface area contributed by atoms with Gasteiger partial charge in [0.2, 0.25) is 0 Å². The molecule has 1 N–H and O–H groups in total. The zero-order valence-electron chi connectivity index (χ0n) is 17.3. The molecular formula is C23H22Cl2N2O3S2. The number of carbonyl (C=O) groups excluding carboxylic acids is 1. The maximum absolute atomic E-state index is 12.7. The molecule has 0 heterocycles. The minimum absolute atomic E-state index is 0.210. The van der Waals surface area contributed by atoms with E-state index in [2.05, 4.69) is 5.32 Å². The molecule has 0 aromatic heterocycles. The summed E-state index contributed by atoms with van der Waals surface area (Å²) in [6.45, 7) is 0.499. The summed E-state index contributed by atoms with van der Waals surface area (Å²) in [5, 5.41) is 4.10. The number of benzene rings is 3. The highest BCUT2D eigenvalue weighted by molar-refractivity contribution is 7.98. The number of carbonyl (C=O) groups is 1. The van der Waals surface area contributed by atoms with Crippen LogP contribution in [0.2, 0.25) is 10.0 Å². The van der Waals surface area contributed by atoms with E-state index >= 15 is 0 Å². The van der Waals surface area contributed by atoms with E-state index < -0.39 is 10.0 Å². The number of hydrogen-bond acceptors (Lipinski definition) is 4. The topological polar surface area (TPSA) is 66.5 Å². The normalized spacial score (nSPS) is 11.2. The summed E-state index contributed by atoms with van der Waals surface area (Å²) >= 11 is 13.7. The van der Waals surface area contributed by atoms with Crippen LogP contribution in [-0.2, 0) is 15.8 Å². The molecule has 3 aromatic rings. The Hall–Kier alpha value is -2.19. The zero-order chi connectivity index (χ0) is 23.1. The van der Waals surface area contributed by atoms with Gasteiger partial charge in [0.05, 0.1) is 10.6 Å². The summed E-state index contributed by atoms with van der Waals surface area (Å²) < 4.78 is 26.6. The summed E-state index contributed by atoms with van der Waals surface area (Å²) in [6, 6.07) is 20.1. The number of nitrogens with one attached hydrogen (secondary N) is 1. The van der Waals surface area contributed by atoms with E-state index in [0.717, 1.165) is 17.1 Å². The molecule has 0 aliphatic rings. The third-order valence-corrected chi connectivity index (χ3v) is 8.09. The highest BCUT2D eigenvalue weighted by Gasteiger charge is 2.21. The molecular weight excluding hydrogens is 487 g/mol. The van der Waals surface area contributed by atoms with Crippen molar-refractivity contribution in [3.63, 3.8) is 0 Å². The minimum Gasteiger partial charge on any atom is -0.351 e. The van der Waals surface area contributed by atoms with Crippen LogP contribution in [0.1, 0.15) is 15.9 Å². The molecule has 0 aliphatic heterocycles. The Kier molecular flexibility index (Phi) is 8.48. The fourth-order valence-electron chi connectivity index (χ4n) is 2.87. The van der Waals surface area contributed by atoms with Crippen LogP contribution in [-0.4, -0.2) is 33.7 Å². The highest BCUT2D eigenvalue weighted by atomic mass is 35.5. The maximum atomic E-state index is 12.7. The molecule has 0 fully saturated rings. The molecule has 0 spiro atoms. The number of halogens is 2. The largest absolute Gasteiger partial charge is 0.351 e. The van der Waals surface area contributed by atoms with Gasteiger partial charge in [0.1, 0.15) is 0 Å². The Balaban J connectivity index is 1.50. The average Bonchev–Trinajstić information content (AvgIpc) is 2.80. The molecule has 0 saturated carbocycles. The van der Waals surface area contributed by atoms with Crippen molar-refractivity contribution in [3.8, 4) is 0 Å². The molecule has 0 radical (unpaired) electrons. The zero-order valence-corrected chi connectivity index (χ0v) is 20.4. The van der Waals surface area contributed by atoms with Gasteiger partial charge < -0.3 is 5.32 Å². The van der Waals surface area contributed by atoms with Gasteiger partial charge in [-0.3, -0.25) is 9.10 Å². The molecule has 0 unspecified atom stereocenters. The van der Waals surface area contributed by atoms with Crippen molar-refractivity contribution in [2.45, 2.75) is 10.6 Å². The standard InChI is InChI=1S/C23H22Cl2N2O3S2/c1-27(32(29,30)21-5-3-2-4-6-21)20-11-8-17(9-12-20)23(28)26-13-14-31-16-18-7-10-19(24)15-22(18)25/h2-12,15H,13-14,16H2,1H3,(H,26,28). The van der Waals surface area contributed by atoms with Gasteiger partial charge in [-0.1, -0.05) is 47.5 Å². The average molecular weight is 509 g/mol. The number of thioether (sulfide) groups is 1. The maximum Gasteiger partial charge on any atom is 0.264 e. The summed E-state index contributed by atoms with van der Waals surface area (Å²) in [5.41, 5.74) is 1.93. The molecule has 32 heavy (non-hydrogen) atoms. The predicted octanol–water partition coefficient (Wildman–Crippen LogP) is 5.48. The monoisotopic (exact) mass is 508 g/mol. The second-order valence-corrected chi connectivity index (χ2v) is 10.8. The van der Waals surface area contributed by atoms with Crippen molar-refractivity contribution in [2.75, 3.05) is 23.7 Å². The van der Waals surface area contributed by atoms with E-state index in [0.29, 0.717) is 27.8 Å². The predicted molar refractivity (Wildman–Crippen MR) is 133 cm³/mol. The Labute approximate surface area is 202 Å². The summed E-state index contributed by atoms with van der Waals surface area (Å²) in [5.74, 6) is 1.24. The van der Waals surface area contributed by atoms with Crippen molar-refractivity contribution in [2.24, 2.45) is 0 Å². The van der Waals surface area contributed by atoms with Gasteiger partial charge in [-0.05, 0) is 54.1 Å². The van der Waals surface area contributed by atoms with Gasteiger partial charge in [-0.15, -0.1) is 0 Å². The van der Waals surface area contributed by atoms with Gasteiger partial charge >= 0.3 is 0 Å². The van der Waals surface area contributed by atoms with Crippen molar-refractivity contribution in [3.05, 3.63) is 94.0 Å². The second-order valence-electron chi connectivity index (χ2n) is 6.88. The Morgan fingerprint density at radius 3 is 2.34 bits per heavy atom. The van der Waals surface area contributed by atoms with Crippen molar-refractivity contribution in [1.82, 2.24) is 5.32 Å². The third-order valence-electron chi connectivity index (χ3n) is 4.70. The smallest absolute Gasteiger partial charge is 0.264 e. The fourth-order valence-corrected chi connectivity index (χ4v) is 5.51. The molecule has 0 atom stereocenters. The first kappa shape index (κ1) is 24.5. The van der Waals surface area contributed by atoms with Crippen LogP contribution in [0.4, 0.5) is 5.69 Å². The molecule has 0 aliphatic carbocycles. The first-order valence-corrected chi connectivity index (χ1v) is 13.1. The van der Waals surface area contributed by atoms with E-state index in [1.54, 1.807) is 78.5 Å². The van der Waals surface area contributed by atoms with Crippen LogP contribution in [0.15, 0.2) is 77.7 Å². The summed E-state index contributed by atoms with van der Waals surface area (Å²) in [6.07, 6.45) is 0. The number of amides is 1. The lowest BCUT2D eigenvalue weighted by Gasteiger charge is -2.19. The van der Waals surface area contributed by atoms with Gasteiger partial charge in [0.25, 0.3) is 15.9 Å². The minimum atomic E-state index is -3.66. The molecule has 0 saturated heterocycles. The van der Waals surface area contributed by atoms with Crippen LogP contribution in [0.25, 0.3) is 0 Å². The second kappa shape index (κ2) is 11.1. The first-order valence-electron chi connectivity index (χ1n) is 9.73. The summed E-state index contributed by atoms with van der Waals surface area (Å²) in [7, 11) is -2.17. The van der Waals surface area contributed by atoms with Crippen LogP contribution >= 0.6 is 35.0 Å². The molecule has 9 heteroatoms. The van der Waals surface area contributed by atoms with E-state index in [9.17, 15) is 13.2 Å². The van der Waals surface area contributed by atoms with Gasteiger partial charge in [-0.25, -0.2) is 8.42 Å². The number of rotatable bonds is 9. The number of hydrogen-bond donors (Lipinski definition) is 1. The van der Waals surface area contributed by atoms with Crippen molar-refractivity contribution >= 4 is 56.6 Å². The lowest BCUT2D eigenvalue weighted by Crippen LogP contribution is -2.27. The van der Waals surface area contributed by atoms with Crippen LogP contribution < -0.4 is 9.62 Å².